The molecular formula is C21H27NO2. The van der Waals surface area contributed by atoms with E-state index in [1.54, 1.807) is 7.11 Å². The molecule has 24 heavy (non-hydrogen) atoms. The average Bonchev–Trinajstić information content (AvgIpc) is 3.12. The Hall–Kier alpha value is -2.03. The van der Waals surface area contributed by atoms with Crippen LogP contribution in [0.15, 0.2) is 42.7 Å². The van der Waals surface area contributed by atoms with E-state index in [4.69, 9.17) is 4.74 Å². The van der Waals surface area contributed by atoms with Gasteiger partial charge in [-0.05, 0) is 42.2 Å². The van der Waals surface area contributed by atoms with Crippen LogP contribution in [0.4, 0.5) is 0 Å². The van der Waals surface area contributed by atoms with Crippen molar-refractivity contribution in [3.05, 3.63) is 42.7 Å². The van der Waals surface area contributed by atoms with Gasteiger partial charge in [0.05, 0.1) is 7.11 Å². The molecule has 1 aromatic carbocycles. The summed E-state index contributed by atoms with van der Waals surface area (Å²) in [4.78, 5) is 13.0. The highest BCUT2D eigenvalue weighted by Crippen LogP contribution is 2.39. The largest absolute Gasteiger partial charge is 0.497 e. The standard InChI is InChI=1S/C21H27NO2/c1-16(2)20(23)21(12-5-4-6-13-21)22-14-11-18(15-22)17-7-9-19(24-3)10-8-17/h7-11,14-16H,4-6,12-13H2,1-3H3. The Morgan fingerprint density at radius 3 is 2.29 bits per heavy atom. The molecule has 0 N–H and O–H groups in total. The Morgan fingerprint density at radius 1 is 1.04 bits per heavy atom. The van der Waals surface area contributed by atoms with Crippen molar-refractivity contribution in [3.8, 4) is 16.9 Å². The number of ketones is 1. The number of benzene rings is 1. The molecule has 0 spiro atoms. The van der Waals surface area contributed by atoms with Crippen LogP contribution in [0.2, 0.25) is 0 Å². The number of carbonyl (C=O) groups excluding carboxylic acids is 1. The number of hydrogen-bond acceptors (Lipinski definition) is 2. The molecular weight excluding hydrogens is 298 g/mol. The maximum absolute atomic E-state index is 13.0. The van der Waals surface area contributed by atoms with Gasteiger partial charge >= 0.3 is 0 Å². The van der Waals surface area contributed by atoms with Crippen LogP contribution in [-0.2, 0) is 10.3 Å². The van der Waals surface area contributed by atoms with Crippen LogP contribution >= 0.6 is 0 Å². The first-order chi connectivity index (χ1) is 11.6. The predicted molar refractivity (Wildman–Crippen MR) is 97.3 cm³/mol. The molecule has 128 valence electrons. The van der Waals surface area contributed by atoms with Gasteiger partial charge in [0.25, 0.3) is 0 Å². The number of rotatable bonds is 5. The second kappa shape index (κ2) is 6.84. The molecule has 0 atom stereocenters. The summed E-state index contributed by atoms with van der Waals surface area (Å²) in [7, 11) is 1.68. The normalized spacial score (nSPS) is 17.0. The maximum atomic E-state index is 13.0. The second-order valence-electron chi connectivity index (χ2n) is 7.15. The van der Waals surface area contributed by atoms with E-state index in [1.807, 2.05) is 26.0 Å². The summed E-state index contributed by atoms with van der Waals surface area (Å²) in [5.74, 6) is 1.30. The summed E-state index contributed by atoms with van der Waals surface area (Å²) in [6.07, 6.45) is 9.66. The number of carbonyl (C=O) groups is 1. The third kappa shape index (κ3) is 3.00. The quantitative estimate of drug-likeness (QED) is 0.770. The van der Waals surface area contributed by atoms with Gasteiger partial charge in [-0.3, -0.25) is 4.79 Å². The molecule has 3 rings (SSSR count). The summed E-state index contributed by atoms with van der Waals surface area (Å²) >= 11 is 0. The molecule has 0 bridgehead atoms. The Kier molecular flexibility index (Phi) is 4.79. The summed E-state index contributed by atoms with van der Waals surface area (Å²) in [5.41, 5.74) is 1.95. The minimum absolute atomic E-state index is 0.0648. The van der Waals surface area contributed by atoms with Gasteiger partial charge < -0.3 is 9.30 Å². The third-order valence-corrected chi connectivity index (χ3v) is 5.27. The lowest BCUT2D eigenvalue weighted by molar-refractivity contribution is -0.132. The van der Waals surface area contributed by atoms with Gasteiger partial charge in [-0.2, -0.15) is 0 Å². The molecule has 3 heteroatoms. The van der Waals surface area contributed by atoms with Crippen molar-refractivity contribution in [1.29, 1.82) is 0 Å². The third-order valence-electron chi connectivity index (χ3n) is 5.27. The van der Waals surface area contributed by atoms with E-state index >= 15 is 0 Å². The molecule has 3 nitrogen and oxygen atoms in total. The Bertz CT molecular complexity index is 691. The number of ether oxygens (including phenoxy) is 1. The average molecular weight is 325 g/mol. The minimum Gasteiger partial charge on any atom is -0.497 e. The minimum atomic E-state index is -0.350. The summed E-state index contributed by atoms with van der Waals surface area (Å²) in [6, 6.07) is 10.2. The van der Waals surface area contributed by atoms with Crippen LogP contribution in [0.25, 0.3) is 11.1 Å². The van der Waals surface area contributed by atoms with Crippen LogP contribution in [0.3, 0.4) is 0 Å². The zero-order valence-electron chi connectivity index (χ0n) is 14.9. The first-order valence-electron chi connectivity index (χ1n) is 8.94. The van der Waals surface area contributed by atoms with E-state index in [-0.39, 0.29) is 11.5 Å². The van der Waals surface area contributed by atoms with Gasteiger partial charge in [0.1, 0.15) is 11.3 Å². The smallest absolute Gasteiger partial charge is 0.161 e. The van der Waals surface area contributed by atoms with Crippen LogP contribution in [0.1, 0.15) is 46.0 Å². The van der Waals surface area contributed by atoms with Gasteiger partial charge in [-0.15, -0.1) is 0 Å². The molecule has 2 aromatic rings. The van der Waals surface area contributed by atoms with Crippen molar-refractivity contribution < 1.29 is 9.53 Å². The summed E-state index contributed by atoms with van der Waals surface area (Å²) in [6.45, 7) is 4.04. The molecule has 1 saturated carbocycles. The van der Waals surface area contributed by atoms with Crippen molar-refractivity contribution in [2.24, 2.45) is 5.92 Å². The van der Waals surface area contributed by atoms with Gasteiger partial charge in [-0.1, -0.05) is 45.2 Å². The fourth-order valence-corrected chi connectivity index (χ4v) is 3.92. The SMILES string of the molecule is COc1ccc(-c2ccn(C3(C(=O)C(C)C)CCCCC3)c2)cc1. The predicted octanol–water partition coefficient (Wildman–Crippen LogP) is 5.05. The van der Waals surface area contributed by atoms with Crippen molar-refractivity contribution in [2.75, 3.05) is 7.11 Å². The van der Waals surface area contributed by atoms with Gasteiger partial charge in [0.2, 0.25) is 0 Å². The molecule has 0 amide bonds. The molecule has 1 heterocycles. The van der Waals surface area contributed by atoms with E-state index in [9.17, 15) is 4.79 Å². The molecule has 0 aliphatic heterocycles. The first-order valence-corrected chi connectivity index (χ1v) is 8.94. The first kappa shape index (κ1) is 16.8. The Labute approximate surface area is 144 Å². The van der Waals surface area contributed by atoms with Crippen molar-refractivity contribution in [1.82, 2.24) is 4.57 Å². The van der Waals surface area contributed by atoms with Crippen molar-refractivity contribution in [3.63, 3.8) is 0 Å². The summed E-state index contributed by atoms with van der Waals surface area (Å²) in [5, 5.41) is 0. The highest BCUT2D eigenvalue weighted by atomic mass is 16.5. The second-order valence-corrected chi connectivity index (χ2v) is 7.15. The molecule has 0 unspecified atom stereocenters. The lowest BCUT2D eigenvalue weighted by Gasteiger charge is -2.38. The molecule has 1 aliphatic rings. The van der Waals surface area contributed by atoms with E-state index < -0.39 is 0 Å². The van der Waals surface area contributed by atoms with Crippen LogP contribution in [-0.4, -0.2) is 17.5 Å². The number of hydrogen-bond donors (Lipinski definition) is 0. The molecule has 1 fully saturated rings. The topological polar surface area (TPSA) is 31.2 Å². The van der Waals surface area contributed by atoms with Crippen LogP contribution in [0, 0.1) is 5.92 Å². The van der Waals surface area contributed by atoms with Gasteiger partial charge in [-0.25, -0.2) is 0 Å². The van der Waals surface area contributed by atoms with Gasteiger partial charge in [0, 0.05) is 18.3 Å². The number of methoxy groups -OCH3 is 1. The van der Waals surface area contributed by atoms with E-state index in [0.29, 0.717) is 5.78 Å². The highest BCUT2D eigenvalue weighted by molar-refractivity contribution is 5.88. The molecule has 1 aliphatic carbocycles. The monoisotopic (exact) mass is 325 g/mol. The number of aromatic nitrogens is 1. The van der Waals surface area contributed by atoms with Crippen molar-refractivity contribution in [2.45, 2.75) is 51.5 Å². The number of Topliss-reactive ketones (excluding diaryl/α,β-unsaturated/α-hetero) is 1. The number of nitrogens with zero attached hydrogens (tertiary/aromatic N) is 1. The van der Waals surface area contributed by atoms with E-state index in [0.717, 1.165) is 42.6 Å². The fourth-order valence-electron chi connectivity index (χ4n) is 3.92. The Morgan fingerprint density at radius 2 is 1.71 bits per heavy atom. The highest BCUT2D eigenvalue weighted by Gasteiger charge is 2.41. The fraction of sp³-hybridized carbons (Fsp3) is 0.476. The van der Waals surface area contributed by atoms with Crippen LogP contribution < -0.4 is 4.74 Å². The maximum Gasteiger partial charge on any atom is 0.161 e. The molecule has 0 radical (unpaired) electrons. The zero-order valence-corrected chi connectivity index (χ0v) is 14.9. The van der Waals surface area contributed by atoms with Gasteiger partial charge in [0.15, 0.2) is 5.78 Å². The van der Waals surface area contributed by atoms with E-state index in [1.165, 1.54) is 6.42 Å². The Balaban J connectivity index is 1.95. The van der Waals surface area contributed by atoms with Crippen LogP contribution in [0.5, 0.6) is 5.75 Å². The van der Waals surface area contributed by atoms with Crippen molar-refractivity contribution >= 4 is 5.78 Å². The van der Waals surface area contributed by atoms with E-state index in [2.05, 4.69) is 35.2 Å². The lowest BCUT2D eigenvalue weighted by Crippen LogP contribution is -2.45. The lowest BCUT2D eigenvalue weighted by atomic mass is 9.75. The summed E-state index contributed by atoms with van der Waals surface area (Å²) < 4.78 is 7.42. The zero-order chi connectivity index (χ0) is 17.2. The molecule has 0 saturated heterocycles. The molecule has 1 aromatic heterocycles.